The van der Waals surface area contributed by atoms with Crippen molar-refractivity contribution in [2.45, 2.75) is 57.6 Å². The van der Waals surface area contributed by atoms with Crippen LogP contribution in [0.1, 0.15) is 38.3 Å². The number of rotatable bonds is 11. The molecular weight excluding hydrogens is 602 g/mol. The molecular formula is C29H33BrClN3O4S. The quantitative estimate of drug-likeness (QED) is 0.283. The number of halogens is 2. The van der Waals surface area contributed by atoms with Crippen molar-refractivity contribution in [1.82, 2.24) is 10.2 Å². The van der Waals surface area contributed by atoms with Gasteiger partial charge in [0.25, 0.3) is 10.0 Å². The number of nitrogens with zero attached hydrogens (tertiary/aromatic N) is 2. The van der Waals surface area contributed by atoms with Gasteiger partial charge in [-0.15, -0.1) is 0 Å². The van der Waals surface area contributed by atoms with Gasteiger partial charge in [-0.1, -0.05) is 76.4 Å². The van der Waals surface area contributed by atoms with E-state index in [-0.39, 0.29) is 23.4 Å². The van der Waals surface area contributed by atoms with Crippen LogP contribution in [0.15, 0.2) is 82.2 Å². The Hall–Kier alpha value is -2.88. The van der Waals surface area contributed by atoms with Gasteiger partial charge in [0, 0.05) is 22.1 Å². The van der Waals surface area contributed by atoms with Crippen LogP contribution in [0.25, 0.3) is 0 Å². The molecule has 0 aliphatic rings. The Morgan fingerprint density at radius 3 is 2.28 bits per heavy atom. The lowest BCUT2D eigenvalue weighted by molar-refractivity contribution is -0.139. The van der Waals surface area contributed by atoms with E-state index < -0.39 is 28.5 Å². The zero-order valence-corrected chi connectivity index (χ0v) is 25.6. The fourth-order valence-corrected chi connectivity index (χ4v) is 5.84. The number of benzene rings is 3. The van der Waals surface area contributed by atoms with Crippen LogP contribution < -0.4 is 9.62 Å². The molecule has 0 aromatic heterocycles. The molecule has 39 heavy (non-hydrogen) atoms. The molecule has 0 spiro atoms. The molecule has 2 unspecified atom stereocenters. The Morgan fingerprint density at radius 1 is 1.00 bits per heavy atom. The summed E-state index contributed by atoms with van der Waals surface area (Å²) in [5.74, 6) is -0.877. The molecule has 3 rings (SSSR count). The number of nitrogens with one attached hydrogen (secondary N) is 1. The van der Waals surface area contributed by atoms with Crippen LogP contribution in [0.5, 0.6) is 0 Å². The summed E-state index contributed by atoms with van der Waals surface area (Å²) >= 11 is 9.80. The Balaban J connectivity index is 2.04. The standard InChI is InChI=1S/C29H33BrClN3O4S/c1-5-21(3)32-29(36)22(4)33(18-23-9-6-7-12-27(23)31)28(35)19-34(25-11-8-10-24(30)17-25)39(37,38)26-15-13-20(2)14-16-26/h6-17,21-22H,5,18-19H2,1-4H3,(H,32,36). The molecule has 0 bridgehead atoms. The lowest BCUT2D eigenvalue weighted by Crippen LogP contribution is -2.52. The minimum atomic E-state index is -4.13. The van der Waals surface area contributed by atoms with Gasteiger partial charge in [0.05, 0.1) is 10.6 Å². The smallest absolute Gasteiger partial charge is 0.264 e. The van der Waals surface area contributed by atoms with Crippen molar-refractivity contribution in [2.75, 3.05) is 10.8 Å². The first-order valence-electron chi connectivity index (χ1n) is 12.6. The van der Waals surface area contributed by atoms with Gasteiger partial charge in [0.15, 0.2) is 0 Å². The van der Waals surface area contributed by atoms with Crippen molar-refractivity contribution >= 4 is 55.1 Å². The van der Waals surface area contributed by atoms with Crippen LogP contribution in [-0.4, -0.2) is 43.8 Å². The highest BCUT2D eigenvalue weighted by Gasteiger charge is 2.33. The maximum absolute atomic E-state index is 13.9. The summed E-state index contributed by atoms with van der Waals surface area (Å²) in [4.78, 5) is 28.5. The van der Waals surface area contributed by atoms with Gasteiger partial charge in [-0.05, 0) is 69.2 Å². The molecule has 7 nitrogen and oxygen atoms in total. The summed E-state index contributed by atoms with van der Waals surface area (Å²) in [5, 5.41) is 3.36. The second kappa shape index (κ2) is 13.5. The van der Waals surface area contributed by atoms with Gasteiger partial charge in [-0.3, -0.25) is 13.9 Å². The third-order valence-corrected chi connectivity index (χ3v) is 9.10. The SMILES string of the molecule is CCC(C)NC(=O)C(C)N(Cc1ccccc1Cl)C(=O)CN(c1cccc(Br)c1)S(=O)(=O)c1ccc(C)cc1. The van der Waals surface area contributed by atoms with E-state index in [4.69, 9.17) is 11.6 Å². The molecule has 0 heterocycles. The average molecular weight is 635 g/mol. The molecule has 3 aromatic carbocycles. The van der Waals surface area contributed by atoms with Crippen LogP contribution in [0, 0.1) is 6.92 Å². The van der Waals surface area contributed by atoms with E-state index in [1.54, 1.807) is 67.6 Å². The van der Waals surface area contributed by atoms with Crippen molar-refractivity contribution in [3.05, 3.63) is 93.4 Å². The Bertz CT molecular complexity index is 1420. The zero-order chi connectivity index (χ0) is 28.7. The third-order valence-electron chi connectivity index (χ3n) is 6.45. The van der Waals surface area contributed by atoms with E-state index in [0.29, 0.717) is 20.7 Å². The summed E-state index contributed by atoms with van der Waals surface area (Å²) in [7, 11) is -4.13. The van der Waals surface area contributed by atoms with Gasteiger partial charge < -0.3 is 10.2 Å². The number of carbonyl (C=O) groups excluding carboxylic acids is 2. The van der Waals surface area contributed by atoms with E-state index in [1.165, 1.54) is 17.0 Å². The summed E-state index contributed by atoms with van der Waals surface area (Å²) in [6.45, 7) is 6.85. The molecule has 0 saturated heterocycles. The van der Waals surface area contributed by atoms with Crippen molar-refractivity contribution in [2.24, 2.45) is 0 Å². The summed E-state index contributed by atoms with van der Waals surface area (Å²) in [6.07, 6.45) is 0.725. The zero-order valence-electron chi connectivity index (χ0n) is 22.4. The molecule has 3 aromatic rings. The highest BCUT2D eigenvalue weighted by molar-refractivity contribution is 9.10. The predicted octanol–water partition coefficient (Wildman–Crippen LogP) is 5.94. The van der Waals surface area contributed by atoms with Gasteiger partial charge in [-0.25, -0.2) is 8.42 Å². The Kier molecular flexibility index (Phi) is 10.6. The molecule has 10 heteroatoms. The molecule has 2 amide bonds. The molecule has 0 radical (unpaired) electrons. The number of anilines is 1. The highest BCUT2D eigenvalue weighted by Crippen LogP contribution is 2.27. The van der Waals surface area contributed by atoms with Crippen LogP contribution in [0.2, 0.25) is 5.02 Å². The minimum Gasteiger partial charge on any atom is -0.352 e. The van der Waals surface area contributed by atoms with Crippen molar-refractivity contribution < 1.29 is 18.0 Å². The largest absolute Gasteiger partial charge is 0.352 e. The normalized spacial score (nSPS) is 12.9. The minimum absolute atomic E-state index is 0.0322. The van der Waals surface area contributed by atoms with Gasteiger partial charge in [0.2, 0.25) is 11.8 Å². The van der Waals surface area contributed by atoms with E-state index in [2.05, 4.69) is 21.2 Å². The number of carbonyl (C=O) groups is 2. The van der Waals surface area contributed by atoms with Gasteiger partial charge in [-0.2, -0.15) is 0 Å². The topological polar surface area (TPSA) is 86.8 Å². The molecule has 2 atom stereocenters. The first kappa shape index (κ1) is 30.7. The second-order valence-corrected chi connectivity index (χ2v) is 12.6. The molecule has 208 valence electrons. The number of sulfonamides is 1. The average Bonchev–Trinajstić information content (AvgIpc) is 2.90. The van der Waals surface area contributed by atoms with E-state index >= 15 is 0 Å². The Morgan fingerprint density at radius 2 is 1.67 bits per heavy atom. The van der Waals surface area contributed by atoms with Gasteiger partial charge >= 0.3 is 0 Å². The van der Waals surface area contributed by atoms with E-state index in [0.717, 1.165) is 16.3 Å². The van der Waals surface area contributed by atoms with Crippen molar-refractivity contribution in [1.29, 1.82) is 0 Å². The maximum atomic E-state index is 13.9. The number of hydrogen-bond donors (Lipinski definition) is 1. The number of aryl methyl sites for hydroxylation is 1. The lowest BCUT2D eigenvalue weighted by Gasteiger charge is -2.32. The third kappa shape index (κ3) is 7.84. The first-order chi connectivity index (χ1) is 18.4. The Labute approximate surface area is 244 Å². The highest BCUT2D eigenvalue weighted by atomic mass is 79.9. The number of hydrogen-bond acceptors (Lipinski definition) is 4. The van der Waals surface area contributed by atoms with Crippen LogP contribution in [0.3, 0.4) is 0 Å². The fourth-order valence-electron chi connectivity index (χ4n) is 3.86. The monoisotopic (exact) mass is 633 g/mol. The predicted molar refractivity (Wildman–Crippen MR) is 159 cm³/mol. The molecule has 0 aliphatic heterocycles. The second-order valence-electron chi connectivity index (χ2n) is 9.41. The molecule has 0 aliphatic carbocycles. The van der Waals surface area contributed by atoms with Gasteiger partial charge in [0.1, 0.15) is 12.6 Å². The molecule has 1 N–H and O–H groups in total. The van der Waals surface area contributed by atoms with Crippen LogP contribution in [0.4, 0.5) is 5.69 Å². The van der Waals surface area contributed by atoms with Crippen LogP contribution in [-0.2, 0) is 26.2 Å². The molecule has 0 fully saturated rings. The first-order valence-corrected chi connectivity index (χ1v) is 15.2. The van der Waals surface area contributed by atoms with Crippen molar-refractivity contribution in [3.63, 3.8) is 0 Å². The van der Waals surface area contributed by atoms with E-state index in [9.17, 15) is 18.0 Å². The maximum Gasteiger partial charge on any atom is 0.264 e. The van der Waals surface area contributed by atoms with E-state index in [1.807, 2.05) is 20.8 Å². The molecule has 0 saturated carbocycles. The number of amides is 2. The lowest BCUT2D eigenvalue weighted by atomic mass is 10.1. The fraction of sp³-hybridized carbons (Fsp3) is 0.310. The van der Waals surface area contributed by atoms with Crippen LogP contribution >= 0.6 is 27.5 Å². The van der Waals surface area contributed by atoms with Crippen molar-refractivity contribution in [3.8, 4) is 0 Å². The summed E-state index contributed by atoms with van der Waals surface area (Å²) < 4.78 is 29.4. The summed E-state index contributed by atoms with van der Waals surface area (Å²) in [5.41, 5.74) is 1.87. The summed E-state index contributed by atoms with van der Waals surface area (Å²) in [6, 6.07) is 19.3.